The molecule has 4 heteroatoms. The number of anilines is 1. The van der Waals surface area contributed by atoms with E-state index in [-0.39, 0.29) is 0 Å². The lowest BCUT2D eigenvalue weighted by Crippen LogP contribution is -2.20. The van der Waals surface area contributed by atoms with Crippen molar-refractivity contribution in [3.8, 4) is 11.8 Å². The standard InChI is InChI=1S/C15H21N3O/c16-8-1-2-9-19-15-5-3-4-13(11-15)18-14-7-6-12(17)10-14/h3-5,11-12,14,18H,1-2,6-7,9-10,17H2. The number of nitrogens with one attached hydrogen (secondary N) is 1. The summed E-state index contributed by atoms with van der Waals surface area (Å²) in [6.07, 6.45) is 4.58. The van der Waals surface area contributed by atoms with Gasteiger partial charge in [0.05, 0.1) is 12.7 Å². The Morgan fingerprint density at radius 2 is 2.32 bits per heavy atom. The number of nitrogens with zero attached hydrogens (tertiary/aromatic N) is 1. The summed E-state index contributed by atoms with van der Waals surface area (Å²) in [6.45, 7) is 0.589. The van der Waals surface area contributed by atoms with Crippen molar-refractivity contribution in [2.24, 2.45) is 5.73 Å². The molecule has 19 heavy (non-hydrogen) atoms. The van der Waals surface area contributed by atoms with Crippen LogP contribution in [-0.4, -0.2) is 18.7 Å². The number of rotatable bonds is 6. The van der Waals surface area contributed by atoms with Gasteiger partial charge in [-0.1, -0.05) is 6.07 Å². The van der Waals surface area contributed by atoms with Gasteiger partial charge >= 0.3 is 0 Å². The predicted molar refractivity (Wildman–Crippen MR) is 76.0 cm³/mol. The summed E-state index contributed by atoms with van der Waals surface area (Å²) < 4.78 is 5.62. The van der Waals surface area contributed by atoms with Crippen molar-refractivity contribution in [2.75, 3.05) is 11.9 Å². The highest BCUT2D eigenvalue weighted by Gasteiger charge is 2.21. The second-order valence-electron chi connectivity index (χ2n) is 5.05. The first-order chi connectivity index (χ1) is 9.28. The van der Waals surface area contributed by atoms with Crippen molar-refractivity contribution in [3.05, 3.63) is 24.3 Å². The van der Waals surface area contributed by atoms with E-state index >= 15 is 0 Å². The smallest absolute Gasteiger partial charge is 0.121 e. The van der Waals surface area contributed by atoms with Gasteiger partial charge in [0.25, 0.3) is 0 Å². The zero-order valence-electron chi connectivity index (χ0n) is 11.1. The van der Waals surface area contributed by atoms with Crippen LogP contribution in [0.5, 0.6) is 5.75 Å². The van der Waals surface area contributed by atoms with Crippen LogP contribution < -0.4 is 15.8 Å². The molecule has 0 aromatic heterocycles. The minimum atomic E-state index is 0.336. The Morgan fingerprint density at radius 1 is 1.42 bits per heavy atom. The third-order valence-corrected chi connectivity index (χ3v) is 3.38. The fourth-order valence-electron chi connectivity index (χ4n) is 2.40. The van der Waals surface area contributed by atoms with E-state index in [9.17, 15) is 0 Å². The van der Waals surface area contributed by atoms with E-state index in [1.54, 1.807) is 0 Å². The lowest BCUT2D eigenvalue weighted by atomic mass is 10.2. The molecule has 1 aliphatic carbocycles. The maximum Gasteiger partial charge on any atom is 0.121 e. The Morgan fingerprint density at radius 3 is 3.05 bits per heavy atom. The first kappa shape index (κ1) is 13.7. The van der Waals surface area contributed by atoms with Gasteiger partial charge in [0.1, 0.15) is 5.75 Å². The van der Waals surface area contributed by atoms with E-state index < -0.39 is 0 Å². The van der Waals surface area contributed by atoms with Gasteiger partial charge in [-0.25, -0.2) is 0 Å². The van der Waals surface area contributed by atoms with Crippen LogP contribution in [0.4, 0.5) is 5.69 Å². The molecule has 3 N–H and O–H groups in total. The van der Waals surface area contributed by atoms with E-state index in [1.165, 1.54) is 0 Å². The van der Waals surface area contributed by atoms with Crippen LogP contribution in [0.25, 0.3) is 0 Å². The molecule has 0 bridgehead atoms. The lowest BCUT2D eigenvalue weighted by Gasteiger charge is -2.15. The van der Waals surface area contributed by atoms with Crippen molar-refractivity contribution in [1.29, 1.82) is 5.26 Å². The van der Waals surface area contributed by atoms with Crippen LogP contribution >= 0.6 is 0 Å². The SMILES string of the molecule is N#CCCCOc1cccc(NC2CCC(N)C2)c1. The summed E-state index contributed by atoms with van der Waals surface area (Å²) >= 11 is 0. The Balaban J connectivity index is 1.83. The van der Waals surface area contributed by atoms with Gasteiger partial charge < -0.3 is 15.8 Å². The average Bonchev–Trinajstić information content (AvgIpc) is 2.81. The minimum absolute atomic E-state index is 0.336. The Kier molecular flexibility index (Phi) is 5.05. The summed E-state index contributed by atoms with van der Waals surface area (Å²) in [4.78, 5) is 0. The summed E-state index contributed by atoms with van der Waals surface area (Å²) in [6, 6.07) is 10.9. The summed E-state index contributed by atoms with van der Waals surface area (Å²) in [5.74, 6) is 0.852. The molecule has 1 aliphatic rings. The topological polar surface area (TPSA) is 71.1 Å². The quantitative estimate of drug-likeness (QED) is 0.770. The zero-order chi connectivity index (χ0) is 13.5. The third-order valence-electron chi connectivity index (χ3n) is 3.38. The van der Waals surface area contributed by atoms with Crippen molar-refractivity contribution >= 4 is 5.69 Å². The molecule has 0 radical (unpaired) electrons. The lowest BCUT2D eigenvalue weighted by molar-refractivity contribution is 0.313. The number of nitrogens with two attached hydrogens (primary N) is 1. The molecule has 2 atom stereocenters. The van der Waals surface area contributed by atoms with Gasteiger partial charge in [-0.3, -0.25) is 0 Å². The summed E-state index contributed by atoms with van der Waals surface area (Å²) in [7, 11) is 0. The Bertz CT molecular complexity index is 441. The summed E-state index contributed by atoms with van der Waals surface area (Å²) in [5.41, 5.74) is 6.99. The molecule has 1 fully saturated rings. The molecule has 1 aromatic carbocycles. The highest BCUT2D eigenvalue weighted by Crippen LogP contribution is 2.24. The number of unbranched alkanes of at least 4 members (excludes halogenated alkanes) is 1. The molecule has 1 saturated carbocycles. The number of benzene rings is 1. The fourth-order valence-corrected chi connectivity index (χ4v) is 2.40. The van der Waals surface area contributed by atoms with E-state index in [1.807, 2.05) is 24.3 Å². The molecule has 0 aliphatic heterocycles. The summed E-state index contributed by atoms with van der Waals surface area (Å²) in [5, 5.41) is 12.0. The number of hydrogen-bond acceptors (Lipinski definition) is 4. The second kappa shape index (κ2) is 7.01. The van der Waals surface area contributed by atoms with Crippen LogP contribution in [0.1, 0.15) is 32.1 Å². The highest BCUT2D eigenvalue weighted by atomic mass is 16.5. The van der Waals surface area contributed by atoms with E-state index in [2.05, 4.69) is 11.4 Å². The van der Waals surface area contributed by atoms with Gasteiger partial charge in [-0.05, 0) is 37.8 Å². The minimum Gasteiger partial charge on any atom is -0.493 e. The average molecular weight is 259 g/mol. The van der Waals surface area contributed by atoms with Crippen LogP contribution in [0, 0.1) is 11.3 Å². The van der Waals surface area contributed by atoms with E-state index in [0.29, 0.717) is 25.1 Å². The van der Waals surface area contributed by atoms with Crippen LogP contribution in [0.2, 0.25) is 0 Å². The van der Waals surface area contributed by atoms with E-state index in [4.69, 9.17) is 15.7 Å². The van der Waals surface area contributed by atoms with Crippen LogP contribution in [-0.2, 0) is 0 Å². The second-order valence-corrected chi connectivity index (χ2v) is 5.05. The molecule has 2 unspecified atom stereocenters. The molecule has 1 aromatic rings. The number of hydrogen-bond donors (Lipinski definition) is 2. The Hall–Kier alpha value is -1.73. The van der Waals surface area contributed by atoms with Crippen molar-refractivity contribution in [2.45, 2.75) is 44.2 Å². The number of nitriles is 1. The molecular weight excluding hydrogens is 238 g/mol. The molecule has 2 rings (SSSR count). The maximum atomic E-state index is 8.46. The maximum absolute atomic E-state index is 8.46. The Labute approximate surface area is 114 Å². The van der Waals surface area contributed by atoms with Gasteiger partial charge in [0.2, 0.25) is 0 Å². The normalized spacial score (nSPS) is 21.9. The number of ether oxygens (including phenoxy) is 1. The molecule has 102 valence electrons. The van der Waals surface area contributed by atoms with Gasteiger partial charge in [-0.2, -0.15) is 5.26 Å². The van der Waals surface area contributed by atoms with Crippen molar-refractivity contribution in [1.82, 2.24) is 0 Å². The highest BCUT2D eigenvalue weighted by molar-refractivity contribution is 5.49. The molecular formula is C15H21N3O. The fraction of sp³-hybridized carbons (Fsp3) is 0.533. The van der Waals surface area contributed by atoms with Gasteiger partial charge in [0, 0.05) is 30.3 Å². The molecule has 0 spiro atoms. The zero-order valence-corrected chi connectivity index (χ0v) is 11.1. The van der Waals surface area contributed by atoms with Crippen molar-refractivity contribution in [3.63, 3.8) is 0 Å². The monoisotopic (exact) mass is 259 g/mol. The molecule has 0 heterocycles. The van der Waals surface area contributed by atoms with Crippen molar-refractivity contribution < 1.29 is 4.74 Å². The third kappa shape index (κ3) is 4.46. The molecule has 4 nitrogen and oxygen atoms in total. The largest absolute Gasteiger partial charge is 0.493 e. The predicted octanol–water partition coefficient (Wildman–Crippen LogP) is 2.66. The van der Waals surface area contributed by atoms with E-state index in [0.717, 1.165) is 37.1 Å². The van der Waals surface area contributed by atoms with Crippen LogP contribution in [0.15, 0.2) is 24.3 Å². The van der Waals surface area contributed by atoms with Gasteiger partial charge in [0.15, 0.2) is 0 Å². The van der Waals surface area contributed by atoms with Gasteiger partial charge in [-0.15, -0.1) is 0 Å². The van der Waals surface area contributed by atoms with Crippen LogP contribution in [0.3, 0.4) is 0 Å². The first-order valence-corrected chi connectivity index (χ1v) is 6.90. The molecule has 0 amide bonds. The molecule has 0 saturated heterocycles. The first-order valence-electron chi connectivity index (χ1n) is 6.90.